The standard InChI is InChI=1S/C19H20FNO5S2/c1-26-19(23)17-14-5-3-2-4-6-15(14)27-18(17)21-16(22)11-28(24,25)13-9-7-12(20)8-10-13/h7-10H,2-6,11H2,1H3,(H,21,22). The van der Waals surface area contributed by atoms with Crippen molar-refractivity contribution in [3.8, 4) is 0 Å². The van der Waals surface area contributed by atoms with Crippen molar-refractivity contribution in [2.75, 3.05) is 18.2 Å². The van der Waals surface area contributed by atoms with Gasteiger partial charge in [-0.1, -0.05) is 6.42 Å². The van der Waals surface area contributed by atoms with Gasteiger partial charge >= 0.3 is 5.97 Å². The monoisotopic (exact) mass is 425 g/mol. The maximum atomic E-state index is 13.0. The molecule has 0 fully saturated rings. The lowest BCUT2D eigenvalue weighted by atomic mass is 10.1. The third-order valence-corrected chi connectivity index (χ3v) is 7.40. The lowest BCUT2D eigenvalue weighted by Crippen LogP contribution is -2.23. The fourth-order valence-electron chi connectivity index (χ4n) is 3.21. The fourth-order valence-corrected chi connectivity index (χ4v) is 5.64. The molecule has 1 aromatic carbocycles. The first-order chi connectivity index (χ1) is 13.3. The molecular formula is C19H20FNO5S2. The van der Waals surface area contributed by atoms with Crippen molar-refractivity contribution in [2.45, 2.75) is 37.0 Å². The van der Waals surface area contributed by atoms with E-state index >= 15 is 0 Å². The number of methoxy groups -OCH3 is 1. The highest BCUT2D eigenvalue weighted by Crippen LogP contribution is 2.38. The molecule has 0 atom stereocenters. The van der Waals surface area contributed by atoms with E-state index in [4.69, 9.17) is 4.74 Å². The molecule has 1 heterocycles. The van der Waals surface area contributed by atoms with E-state index in [0.29, 0.717) is 10.6 Å². The normalized spacial score (nSPS) is 14.1. The van der Waals surface area contributed by atoms with Crippen LogP contribution in [0.2, 0.25) is 0 Å². The van der Waals surface area contributed by atoms with Gasteiger partial charge < -0.3 is 10.1 Å². The van der Waals surface area contributed by atoms with Crippen molar-refractivity contribution in [1.82, 2.24) is 0 Å². The second-order valence-corrected chi connectivity index (χ2v) is 9.62. The largest absolute Gasteiger partial charge is 0.465 e. The van der Waals surface area contributed by atoms with Gasteiger partial charge in [0.15, 0.2) is 9.84 Å². The Morgan fingerprint density at radius 3 is 2.50 bits per heavy atom. The van der Waals surface area contributed by atoms with Crippen LogP contribution in [0.1, 0.15) is 40.1 Å². The zero-order valence-corrected chi connectivity index (χ0v) is 16.9. The van der Waals surface area contributed by atoms with Crippen molar-refractivity contribution < 1.29 is 27.1 Å². The van der Waals surface area contributed by atoms with Crippen LogP contribution in [0.25, 0.3) is 0 Å². The number of amides is 1. The quantitative estimate of drug-likeness (QED) is 0.451. The van der Waals surface area contributed by atoms with E-state index in [1.165, 1.54) is 18.4 Å². The first kappa shape index (κ1) is 20.5. The topological polar surface area (TPSA) is 89.5 Å². The summed E-state index contributed by atoms with van der Waals surface area (Å²) in [6, 6.07) is 4.28. The van der Waals surface area contributed by atoms with Crippen molar-refractivity contribution in [2.24, 2.45) is 0 Å². The number of ether oxygens (including phenoxy) is 1. The summed E-state index contributed by atoms with van der Waals surface area (Å²) in [5.41, 5.74) is 1.20. The lowest BCUT2D eigenvalue weighted by molar-refractivity contribution is -0.113. The fraction of sp³-hybridized carbons (Fsp3) is 0.368. The number of carbonyl (C=O) groups is 2. The number of nitrogens with one attached hydrogen (secondary N) is 1. The minimum absolute atomic E-state index is 0.140. The Morgan fingerprint density at radius 1 is 1.14 bits per heavy atom. The lowest BCUT2D eigenvalue weighted by Gasteiger charge is -2.08. The number of halogens is 1. The number of esters is 1. The van der Waals surface area contributed by atoms with Crippen molar-refractivity contribution in [3.63, 3.8) is 0 Å². The number of benzene rings is 1. The van der Waals surface area contributed by atoms with E-state index < -0.39 is 33.3 Å². The van der Waals surface area contributed by atoms with E-state index in [9.17, 15) is 22.4 Å². The SMILES string of the molecule is COC(=O)c1c(NC(=O)CS(=O)(=O)c2ccc(F)cc2)sc2c1CCCCC2. The van der Waals surface area contributed by atoms with E-state index in [0.717, 1.165) is 66.8 Å². The Hall–Kier alpha value is -2.26. The molecule has 0 radical (unpaired) electrons. The second kappa shape index (κ2) is 8.40. The molecule has 150 valence electrons. The van der Waals surface area contributed by atoms with Crippen LogP contribution in [-0.4, -0.2) is 33.2 Å². The number of fused-ring (bicyclic) bond motifs is 1. The highest BCUT2D eigenvalue weighted by Gasteiger charge is 2.27. The van der Waals surface area contributed by atoms with Gasteiger partial charge in [-0.25, -0.2) is 17.6 Å². The summed E-state index contributed by atoms with van der Waals surface area (Å²) in [6.07, 6.45) is 4.55. The molecule has 1 aliphatic rings. The number of hydrogen-bond donors (Lipinski definition) is 1. The van der Waals surface area contributed by atoms with Crippen LogP contribution in [0, 0.1) is 5.82 Å². The van der Waals surface area contributed by atoms with Gasteiger partial charge in [-0.3, -0.25) is 4.79 Å². The molecule has 1 aromatic heterocycles. The number of thiophene rings is 1. The average molecular weight is 426 g/mol. The van der Waals surface area contributed by atoms with Crippen LogP contribution in [0.15, 0.2) is 29.2 Å². The minimum Gasteiger partial charge on any atom is -0.465 e. The maximum Gasteiger partial charge on any atom is 0.341 e. The molecule has 1 aliphatic carbocycles. The predicted octanol–water partition coefficient (Wildman–Crippen LogP) is 3.36. The highest BCUT2D eigenvalue weighted by atomic mass is 32.2. The first-order valence-electron chi connectivity index (χ1n) is 8.83. The number of sulfone groups is 1. The summed E-state index contributed by atoms with van der Waals surface area (Å²) < 4.78 is 42.6. The zero-order valence-electron chi connectivity index (χ0n) is 15.3. The number of hydrogen-bond acceptors (Lipinski definition) is 6. The van der Waals surface area contributed by atoms with Crippen LogP contribution < -0.4 is 5.32 Å². The third kappa shape index (κ3) is 4.41. The number of carbonyl (C=O) groups excluding carboxylic acids is 2. The molecule has 0 unspecified atom stereocenters. The van der Waals surface area contributed by atoms with Crippen molar-refractivity contribution >= 4 is 38.1 Å². The molecule has 2 aromatic rings. The molecule has 0 bridgehead atoms. The van der Waals surface area contributed by atoms with Gasteiger partial charge in [0, 0.05) is 4.88 Å². The molecule has 28 heavy (non-hydrogen) atoms. The molecule has 0 aliphatic heterocycles. The molecule has 1 N–H and O–H groups in total. The molecule has 3 rings (SSSR count). The van der Waals surface area contributed by atoms with Gasteiger partial charge in [-0.05, 0) is 55.5 Å². The van der Waals surface area contributed by atoms with Gasteiger partial charge in [0.2, 0.25) is 5.91 Å². The van der Waals surface area contributed by atoms with Crippen LogP contribution in [0.5, 0.6) is 0 Å². The molecule has 9 heteroatoms. The van der Waals surface area contributed by atoms with E-state index in [1.54, 1.807) is 0 Å². The Kier molecular flexibility index (Phi) is 6.14. The summed E-state index contributed by atoms with van der Waals surface area (Å²) >= 11 is 1.29. The summed E-state index contributed by atoms with van der Waals surface area (Å²) in [4.78, 5) is 25.6. The molecule has 0 saturated heterocycles. The van der Waals surface area contributed by atoms with Crippen LogP contribution in [0.3, 0.4) is 0 Å². The van der Waals surface area contributed by atoms with Crippen molar-refractivity contribution in [3.05, 3.63) is 46.1 Å². The zero-order chi connectivity index (χ0) is 20.3. The van der Waals surface area contributed by atoms with Crippen molar-refractivity contribution in [1.29, 1.82) is 0 Å². The van der Waals surface area contributed by atoms with Gasteiger partial charge in [-0.15, -0.1) is 11.3 Å². The van der Waals surface area contributed by atoms with Gasteiger partial charge in [0.25, 0.3) is 0 Å². The molecule has 6 nitrogen and oxygen atoms in total. The predicted molar refractivity (Wildman–Crippen MR) is 104 cm³/mol. The van der Waals surface area contributed by atoms with Gasteiger partial charge in [0.1, 0.15) is 16.6 Å². The Labute approximate surface area is 166 Å². The summed E-state index contributed by atoms with van der Waals surface area (Å²) in [5.74, 6) is -2.67. The van der Waals surface area contributed by atoms with Gasteiger partial charge in [-0.2, -0.15) is 0 Å². The molecular weight excluding hydrogens is 405 g/mol. The van der Waals surface area contributed by atoms with Crippen LogP contribution in [0.4, 0.5) is 9.39 Å². The Morgan fingerprint density at radius 2 is 1.82 bits per heavy atom. The summed E-state index contributed by atoms with van der Waals surface area (Å²) in [6.45, 7) is 0. The van der Waals surface area contributed by atoms with Gasteiger partial charge in [0.05, 0.1) is 17.6 Å². The summed E-state index contributed by atoms with van der Waals surface area (Å²) in [7, 11) is -2.66. The second-order valence-electron chi connectivity index (χ2n) is 6.52. The van der Waals surface area contributed by atoms with E-state index in [-0.39, 0.29) is 4.90 Å². The third-order valence-electron chi connectivity index (χ3n) is 4.56. The Bertz CT molecular complexity index is 996. The van der Waals surface area contributed by atoms with Crippen LogP contribution >= 0.6 is 11.3 Å². The van der Waals surface area contributed by atoms with E-state index in [2.05, 4.69) is 5.32 Å². The molecule has 0 spiro atoms. The smallest absolute Gasteiger partial charge is 0.341 e. The summed E-state index contributed by atoms with van der Waals surface area (Å²) in [5, 5.41) is 2.88. The van der Waals surface area contributed by atoms with E-state index in [1.807, 2.05) is 0 Å². The maximum absolute atomic E-state index is 13.0. The number of rotatable bonds is 5. The number of anilines is 1. The first-order valence-corrected chi connectivity index (χ1v) is 11.3. The Balaban J connectivity index is 1.84. The molecule has 1 amide bonds. The number of aryl methyl sites for hydroxylation is 1. The minimum atomic E-state index is -3.93. The highest BCUT2D eigenvalue weighted by molar-refractivity contribution is 7.92. The molecule has 0 saturated carbocycles. The van der Waals surface area contributed by atoms with Crippen LogP contribution in [-0.2, 0) is 32.2 Å². The average Bonchev–Trinajstić information content (AvgIpc) is 2.82.